The minimum Gasteiger partial charge on any atom is -0.387 e. The number of rotatable bonds is 3. The molecule has 1 spiro atoms. The highest BCUT2D eigenvalue weighted by molar-refractivity contribution is 5.98. The summed E-state index contributed by atoms with van der Waals surface area (Å²) in [6.07, 6.45) is 2.09. The van der Waals surface area contributed by atoms with E-state index in [1.54, 1.807) is 6.08 Å². The Kier molecular flexibility index (Phi) is 2.82. The van der Waals surface area contributed by atoms with Gasteiger partial charge in [-0.3, -0.25) is 9.59 Å². The highest BCUT2D eigenvalue weighted by Crippen LogP contribution is 2.32. The fourth-order valence-electron chi connectivity index (χ4n) is 2.05. The number of aliphatic hydroxyl groups excluding tert-OH is 1. The van der Waals surface area contributed by atoms with Gasteiger partial charge in [-0.15, -0.1) is 0 Å². The molecule has 3 atom stereocenters. The summed E-state index contributed by atoms with van der Waals surface area (Å²) in [5.41, 5.74) is -0.788. The molecule has 0 radical (unpaired) electrons. The number of ketones is 1. The summed E-state index contributed by atoms with van der Waals surface area (Å²) < 4.78 is 5.32. The van der Waals surface area contributed by atoms with Gasteiger partial charge in [0.25, 0.3) is 0 Å². The van der Waals surface area contributed by atoms with Gasteiger partial charge in [-0.25, -0.2) is 0 Å². The average molecular weight is 225 g/mol. The molecule has 1 aliphatic heterocycles. The number of ether oxygens (including phenoxy) is 1. The zero-order chi connectivity index (χ0) is 11.8. The number of carbonyl (C=O) groups excluding carboxylic acids is 2. The van der Waals surface area contributed by atoms with Crippen molar-refractivity contribution in [2.75, 3.05) is 6.61 Å². The number of carbonyl (C=O) groups is 2. The van der Waals surface area contributed by atoms with Gasteiger partial charge < -0.3 is 15.2 Å². The van der Waals surface area contributed by atoms with Crippen LogP contribution >= 0.6 is 0 Å². The molecule has 0 aromatic heterocycles. The Morgan fingerprint density at radius 3 is 2.88 bits per heavy atom. The third-order valence-corrected chi connectivity index (χ3v) is 2.97. The molecule has 5 heteroatoms. The summed E-state index contributed by atoms with van der Waals surface area (Å²) in [5.74, 6) is -0.361. The van der Waals surface area contributed by atoms with E-state index in [0.29, 0.717) is 6.61 Å². The van der Waals surface area contributed by atoms with Crippen LogP contribution in [0.1, 0.15) is 19.8 Å². The van der Waals surface area contributed by atoms with Gasteiger partial charge >= 0.3 is 0 Å². The van der Waals surface area contributed by atoms with Crippen LogP contribution in [0.3, 0.4) is 0 Å². The molecule has 0 aromatic carbocycles. The standard InChI is InChI=1S/C11H15NO4/c1-2-5-16-9-7(13)3-4-11(10(9)15)6-8(14)12-11/h3-4,9-10,15H,2,5-6H2,1H3,(H,12,14)/t9-,10-,11?/m1/s1. The van der Waals surface area contributed by atoms with Crippen molar-refractivity contribution in [1.29, 1.82) is 0 Å². The Balaban J connectivity index is 2.12. The van der Waals surface area contributed by atoms with Crippen LogP contribution in [0.4, 0.5) is 0 Å². The maximum absolute atomic E-state index is 11.5. The van der Waals surface area contributed by atoms with E-state index in [1.165, 1.54) is 6.08 Å². The minimum atomic E-state index is -0.991. The Morgan fingerprint density at radius 2 is 2.31 bits per heavy atom. The van der Waals surface area contributed by atoms with Crippen molar-refractivity contribution in [2.45, 2.75) is 37.5 Å². The number of hydrogen-bond acceptors (Lipinski definition) is 4. The Morgan fingerprint density at radius 1 is 1.62 bits per heavy atom. The van der Waals surface area contributed by atoms with Crippen LogP contribution in [0.25, 0.3) is 0 Å². The van der Waals surface area contributed by atoms with Crippen LogP contribution in [0.2, 0.25) is 0 Å². The maximum Gasteiger partial charge on any atom is 0.223 e. The fraction of sp³-hybridized carbons (Fsp3) is 0.636. The highest BCUT2D eigenvalue weighted by atomic mass is 16.5. The summed E-state index contributed by atoms with van der Waals surface area (Å²) in [7, 11) is 0. The number of hydrogen-bond donors (Lipinski definition) is 2. The number of aliphatic hydroxyl groups is 1. The molecule has 88 valence electrons. The smallest absolute Gasteiger partial charge is 0.223 e. The summed E-state index contributed by atoms with van der Waals surface area (Å²) in [6.45, 7) is 2.35. The van der Waals surface area contributed by atoms with Crippen molar-refractivity contribution in [3.8, 4) is 0 Å². The first-order valence-electron chi connectivity index (χ1n) is 5.43. The minimum absolute atomic E-state index is 0.118. The molecule has 0 aromatic rings. The third kappa shape index (κ3) is 1.66. The number of amides is 1. The molecule has 1 saturated heterocycles. The molecule has 2 rings (SSSR count). The van der Waals surface area contributed by atoms with Crippen LogP contribution in [0.5, 0.6) is 0 Å². The lowest BCUT2D eigenvalue weighted by molar-refractivity contribution is -0.152. The Hall–Kier alpha value is -1.20. The van der Waals surface area contributed by atoms with Gasteiger partial charge in [-0.05, 0) is 12.5 Å². The number of β-lactam (4-membered cyclic amide) rings is 1. The van der Waals surface area contributed by atoms with Crippen LogP contribution in [-0.4, -0.2) is 41.2 Å². The maximum atomic E-state index is 11.5. The van der Waals surface area contributed by atoms with E-state index in [2.05, 4.69) is 5.32 Å². The van der Waals surface area contributed by atoms with Crippen LogP contribution < -0.4 is 5.32 Å². The molecule has 2 N–H and O–H groups in total. The first-order chi connectivity index (χ1) is 7.59. The molecule has 0 bridgehead atoms. The van der Waals surface area contributed by atoms with Gasteiger partial charge in [-0.1, -0.05) is 13.0 Å². The first kappa shape index (κ1) is 11.3. The van der Waals surface area contributed by atoms with E-state index in [-0.39, 0.29) is 18.1 Å². The average Bonchev–Trinajstić information content (AvgIpc) is 2.21. The van der Waals surface area contributed by atoms with Gasteiger partial charge in [-0.2, -0.15) is 0 Å². The molecular weight excluding hydrogens is 210 g/mol. The van der Waals surface area contributed by atoms with E-state index in [0.717, 1.165) is 6.42 Å². The van der Waals surface area contributed by atoms with Crippen molar-refractivity contribution in [3.63, 3.8) is 0 Å². The van der Waals surface area contributed by atoms with Crippen molar-refractivity contribution < 1.29 is 19.4 Å². The fourth-order valence-corrected chi connectivity index (χ4v) is 2.05. The molecule has 2 aliphatic rings. The highest BCUT2D eigenvalue weighted by Gasteiger charge is 2.53. The second-order valence-electron chi connectivity index (χ2n) is 4.24. The summed E-state index contributed by atoms with van der Waals surface area (Å²) >= 11 is 0. The molecule has 5 nitrogen and oxygen atoms in total. The first-order valence-corrected chi connectivity index (χ1v) is 5.43. The molecule has 0 saturated carbocycles. The number of nitrogens with one attached hydrogen (secondary N) is 1. The van der Waals surface area contributed by atoms with Gasteiger partial charge in [0.05, 0.1) is 12.0 Å². The lowest BCUT2D eigenvalue weighted by Gasteiger charge is -2.47. The third-order valence-electron chi connectivity index (χ3n) is 2.97. The monoisotopic (exact) mass is 225 g/mol. The van der Waals surface area contributed by atoms with E-state index in [9.17, 15) is 14.7 Å². The van der Waals surface area contributed by atoms with E-state index in [4.69, 9.17) is 4.74 Å². The van der Waals surface area contributed by atoms with Gasteiger partial charge in [0.1, 0.15) is 12.2 Å². The SMILES string of the molecule is CCCO[C@@H]1C(=O)C=CC2(CC(=O)N2)[C@@H]1O. The molecule has 1 amide bonds. The summed E-state index contributed by atoms with van der Waals surface area (Å²) in [6, 6.07) is 0. The molecule has 1 heterocycles. The molecule has 1 unspecified atom stereocenters. The normalized spacial score (nSPS) is 37.4. The predicted octanol–water partition coefficient (Wildman–Crippen LogP) is -0.460. The summed E-state index contributed by atoms with van der Waals surface area (Å²) in [5, 5.41) is 12.7. The van der Waals surface area contributed by atoms with Crippen molar-refractivity contribution in [2.24, 2.45) is 0 Å². The topological polar surface area (TPSA) is 75.6 Å². The van der Waals surface area contributed by atoms with Crippen LogP contribution in [0.15, 0.2) is 12.2 Å². The molecular formula is C11H15NO4. The molecule has 1 aliphatic carbocycles. The van der Waals surface area contributed by atoms with Gasteiger partial charge in [0.15, 0.2) is 5.78 Å². The van der Waals surface area contributed by atoms with E-state index >= 15 is 0 Å². The van der Waals surface area contributed by atoms with E-state index < -0.39 is 17.7 Å². The van der Waals surface area contributed by atoms with E-state index in [1.807, 2.05) is 6.92 Å². The van der Waals surface area contributed by atoms with Gasteiger partial charge in [0, 0.05) is 6.61 Å². The molecule has 16 heavy (non-hydrogen) atoms. The van der Waals surface area contributed by atoms with Crippen molar-refractivity contribution in [1.82, 2.24) is 5.32 Å². The zero-order valence-corrected chi connectivity index (χ0v) is 9.10. The Bertz CT molecular complexity index is 342. The zero-order valence-electron chi connectivity index (χ0n) is 9.10. The van der Waals surface area contributed by atoms with Crippen LogP contribution in [-0.2, 0) is 14.3 Å². The van der Waals surface area contributed by atoms with Crippen molar-refractivity contribution in [3.05, 3.63) is 12.2 Å². The van der Waals surface area contributed by atoms with Crippen LogP contribution in [0, 0.1) is 0 Å². The molecule has 1 fully saturated rings. The lowest BCUT2D eigenvalue weighted by Crippen LogP contribution is -2.71. The second-order valence-corrected chi connectivity index (χ2v) is 4.24. The quantitative estimate of drug-likeness (QED) is 0.637. The largest absolute Gasteiger partial charge is 0.387 e. The van der Waals surface area contributed by atoms with Crippen molar-refractivity contribution >= 4 is 11.7 Å². The summed E-state index contributed by atoms with van der Waals surface area (Å²) in [4.78, 5) is 22.5. The lowest BCUT2D eigenvalue weighted by atomic mass is 9.75. The Labute approximate surface area is 93.5 Å². The second kappa shape index (κ2) is 3.99. The van der Waals surface area contributed by atoms with Gasteiger partial charge in [0.2, 0.25) is 5.91 Å². The predicted molar refractivity (Wildman–Crippen MR) is 55.7 cm³/mol.